The van der Waals surface area contributed by atoms with E-state index in [0.717, 1.165) is 25.7 Å². The van der Waals surface area contributed by atoms with E-state index in [2.05, 4.69) is 12.2 Å². The van der Waals surface area contributed by atoms with Gasteiger partial charge in [0.25, 0.3) is 0 Å². The molecule has 0 bridgehead atoms. The van der Waals surface area contributed by atoms with Crippen LogP contribution in [-0.2, 0) is 9.59 Å². The number of carbonyl (C=O) groups is 2. The van der Waals surface area contributed by atoms with Gasteiger partial charge in [-0.25, -0.2) is 0 Å². The van der Waals surface area contributed by atoms with Gasteiger partial charge in [0.1, 0.15) is 0 Å². The summed E-state index contributed by atoms with van der Waals surface area (Å²) in [5, 5.41) is 2.93. The molecule has 4 heteroatoms. The first-order valence-corrected chi connectivity index (χ1v) is 7.50. The number of primary amides is 1. The van der Waals surface area contributed by atoms with Crippen molar-refractivity contribution in [2.24, 2.45) is 23.5 Å². The molecule has 0 heterocycles. The molecule has 0 aliphatic rings. The minimum absolute atomic E-state index is 0.0141. The summed E-state index contributed by atoms with van der Waals surface area (Å²) in [5.41, 5.74) is 5.49. The third-order valence-corrected chi connectivity index (χ3v) is 3.34. The minimum Gasteiger partial charge on any atom is -0.369 e. The predicted octanol–water partition coefficient (Wildman–Crippen LogP) is 2.47. The number of carbonyl (C=O) groups excluding carboxylic acids is 2. The van der Waals surface area contributed by atoms with Crippen molar-refractivity contribution >= 4 is 11.8 Å². The summed E-state index contributed by atoms with van der Waals surface area (Å²) in [7, 11) is 0. The molecule has 2 atom stereocenters. The molecule has 2 unspecified atom stereocenters. The van der Waals surface area contributed by atoms with Gasteiger partial charge in [-0.2, -0.15) is 0 Å². The van der Waals surface area contributed by atoms with E-state index in [4.69, 9.17) is 5.73 Å². The number of nitrogens with two attached hydrogens (primary N) is 1. The van der Waals surface area contributed by atoms with Crippen molar-refractivity contribution < 1.29 is 9.59 Å². The van der Waals surface area contributed by atoms with Crippen LogP contribution < -0.4 is 11.1 Å². The molecule has 0 aromatic carbocycles. The van der Waals surface area contributed by atoms with E-state index >= 15 is 0 Å². The Labute approximate surface area is 117 Å². The first kappa shape index (κ1) is 17.9. The van der Waals surface area contributed by atoms with Crippen molar-refractivity contribution in [1.29, 1.82) is 0 Å². The zero-order valence-electron chi connectivity index (χ0n) is 12.9. The molecule has 0 aliphatic heterocycles. The summed E-state index contributed by atoms with van der Waals surface area (Å²) in [6, 6.07) is 0. The molecule has 0 aromatic heterocycles. The normalized spacial score (nSPS) is 14.2. The number of rotatable bonds is 10. The summed E-state index contributed by atoms with van der Waals surface area (Å²) in [5.74, 6) is -0.624. The van der Waals surface area contributed by atoms with E-state index in [0.29, 0.717) is 18.9 Å². The van der Waals surface area contributed by atoms with E-state index in [1.807, 2.05) is 20.8 Å². The van der Waals surface area contributed by atoms with Gasteiger partial charge < -0.3 is 11.1 Å². The van der Waals surface area contributed by atoms with Crippen LogP contribution in [0.5, 0.6) is 0 Å². The van der Waals surface area contributed by atoms with Gasteiger partial charge in [0.2, 0.25) is 11.8 Å². The molecule has 4 nitrogen and oxygen atoms in total. The highest BCUT2D eigenvalue weighted by molar-refractivity contribution is 5.86. The van der Waals surface area contributed by atoms with Crippen molar-refractivity contribution in [3.05, 3.63) is 0 Å². The van der Waals surface area contributed by atoms with Crippen molar-refractivity contribution in [2.75, 3.05) is 6.54 Å². The summed E-state index contributed by atoms with van der Waals surface area (Å²) in [6.45, 7) is 8.89. The molecule has 0 fully saturated rings. The first-order valence-electron chi connectivity index (χ1n) is 7.50. The monoisotopic (exact) mass is 270 g/mol. The molecule has 0 saturated heterocycles. The number of hydrogen-bond donors (Lipinski definition) is 2. The Morgan fingerprint density at radius 1 is 1.11 bits per heavy atom. The maximum Gasteiger partial charge on any atom is 0.223 e. The lowest BCUT2D eigenvalue weighted by Gasteiger charge is -2.25. The molecule has 0 aromatic rings. The van der Waals surface area contributed by atoms with E-state index in [1.165, 1.54) is 0 Å². The maximum atomic E-state index is 12.2. The molecular formula is C15H30N2O2. The van der Waals surface area contributed by atoms with Gasteiger partial charge in [-0.15, -0.1) is 0 Å². The number of hydrogen-bond acceptors (Lipinski definition) is 2. The fourth-order valence-electron chi connectivity index (χ4n) is 2.33. The zero-order chi connectivity index (χ0) is 14.8. The van der Waals surface area contributed by atoms with Crippen LogP contribution in [0, 0.1) is 17.8 Å². The van der Waals surface area contributed by atoms with Crippen LogP contribution in [0.15, 0.2) is 0 Å². The van der Waals surface area contributed by atoms with E-state index < -0.39 is 0 Å². The molecular weight excluding hydrogens is 240 g/mol. The van der Waals surface area contributed by atoms with Crippen LogP contribution >= 0.6 is 0 Å². The maximum absolute atomic E-state index is 12.2. The van der Waals surface area contributed by atoms with Gasteiger partial charge >= 0.3 is 0 Å². The van der Waals surface area contributed by atoms with Gasteiger partial charge in [-0.3, -0.25) is 9.59 Å². The summed E-state index contributed by atoms with van der Waals surface area (Å²) < 4.78 is 0. The fourth-order valence-corrected chi connectivity index (χ4v) is 2.33. The Bertz CT molecular complexity index is 277. The van der Waals surface area contributed by atoms with Crippen LogP contribution in [0.4, 0.5) is 0 Å². The number of amides is 2. The van der Waals surface area contributed by atoms with Crippen molar-refractivity contribution in [3.8, 4) is 0 Å². The molecule has 0 aliphatic carbocycles. The van der Waals surface area contributed by atoms with Crippen LogP contribution in [0.2, 0.25) is 0 Å². The smallest absolute Gasteiger partial charge is 0.223 e. The Morgan fingerprint density at radius 3 is 2.16 bits per heavy atom. The Balaban J connectivity index is 4.71. The molecule has 3 N–H and O–H groups in total. The van der Waals surface area contributed by atoms with E-state index in [-0.39, 0.29) is 23.7 Å². The molecule has 2 amide bonds. The van der Waals surface area contributed by atoms with Gasteiger partial charge in [0.05, 0.1) is 0 Å². The molecule has 0 radical (unpaired) electrons. The SMILES string of the molecule is CCCCNC(=O)C(CCC)C(CC(C)C)C(N)=O. The number of unbranched alkanes of at least 4 members (excludes halogenated alkanes) is 1. The molecule has 0 saturated carbocycles. The molecule has 112 valence electrons. The third-order valence-electron chi connectivity index (χ3n) is 3.34. The highest BCUT2D eigenvalue weighted by Crippen LogP contribution is 2.25. The highest BCUT2D eigenvalue weighted by Gasteiger charge is 2.31. The minimum atomic E-state index is -0.349. The van der Waals surface area contributed by atoms with Gasteiger partial charge in [-0.05, 0) is 25.2 Å². The topological polar surface area (TPSA) is 72.2 Å². The highest BCUT2D eigenvalue weighted by atomic mass is 16.2. The second-order valence-corrected chi connectivity index (χ2v) is 5.68. The van der Waals surface area contributed by atoms with Gasteiger partial charge in [-0.1, -0.05) is 40.5 Å². The predicted molar refractivity (Wildman–Crippen MR) is 78.5 cm³/mol. The van der Waals surface area contributed by atoms with Gasteiger partial charge in [0.15, 0.2) is 0 Å². The Kier molecular flexibility index (Phi) is 9.27. The summed E-state index contributed by atoms with van der Waals surface area (Å²) >= 11 is 0. The summed E-state index contributed by atoms with van der Waals surface area (Å²) in [6.07, 6.45) is 4.30. The molecule has 0 rings (SSSR count). The van der Waals surface area contributed by atoms with Crippen LogP contribution in [-0.4, -0.2) is 18.4 Å². The van der Waals surface area contributed by atoms with Crippen molar-refractivity contribution in [2.45, 2.75) is 59.8 Å². The first-order chi connectivity index (χ1) is 8.93. The quantitative estimate of drug-likeness (QED) is 0.599. The average Bonchev–Trinajstić information content (AvgIpc) is 2.33. The third kappa shape index (κ3) is 7.19. The lowest BCUT2D eigenvalue weighted by atomic mass is 9.81. The van der Waals surface area contributed by atoms with Crippen LogP contribution in [0.3, 0.4) is 0 Å². The van der Waals surface area contributed by atoms with Crippen molar-refractivity contribution in [1.82, 2.24) is 5.32 Å². The van der Waals surface area contributed by atoms with Gasteiger partial charge in [0, 0.05) is 18.4 Å². The van der Waals surface area contributed by atoms with E-state index in [1.54, 1.807) is 0 Å². The largest absolute Gasteiger partial charge is 0.369 e. The summed E-state index contributed by atoms with van der Waals surface area (Å²) in [4.78, 5) is 23.8. The Morgan fingerprint density at radius 2 is 1.74 bits per heavy atom. The average molecular weight is 270 g/mol. The fraction of sp³-hybridized carbons (Fsp3) is 0.867. The second-order valence-electron chi connectivity index (χ2n) is 5.68. The second kappa shape index (κ2) is 9.82. The number of nitrogens with one attached hydrogen (secondary N) is 1. The molecule has 19 heavy (non-hydrogen) atoms. The lowest BCUT2D eigenvalue weighted by molar-refractivity contribution is -0.134. The van der Waals surface area contributed by atoms with Crippen LogP contribution in [0.25, 0.3) is 0 Å². The van der Waals surface area contributed by atoms with Crippen LogP contribution in [0.1, 0.15) is 59.8 Å². The Hall–Kier alpha value is -1.06. The molecule has 0 spiro atoms. The zero-order valence-corrected chi connectivity index (χ0v) is 12.9. The lowest BCUT2D eigenvalue weighted by Crippen LogP contribution is -2.41. The van der Waals surface area contributed by atoms with Crippen molar-refractivity contribution in [3.63, 3.8) is 0 Å². The van der Waals surface area contributed by atoms with E-state index in [9.17, 15) is 9.59 Å². The standard InChI is InChI=1S/C15H30N2O2/c1-5-7-9-17-15(19)12(8-6-2)13(14(16)18)10-11(3)4/h11-13H,5-10H2,1-4H3,(H2,16,18)(H,17,19).